The van der Waals surface area contributed by atoms with Gasteiger partial charge in [0.1, 0.15) is 0 Å². The molecule has 0 bridgehead atoms. The van der Waals surface area contributed by atoms with E-state index >= 15 is 0 Å². The molecule has 7 heteroatoms. The third kappa shape index (κ3) is 58.4. The zero-order valence-corrected chi connectivity index (χ0v) is 10.6. The van der Waals surface area contributed by atoms with Crippen molar-refractivity contribution in [3.8, 4) is 0 Å². The number of hydrogen-bond acceptors (Lipinski definition) is 4. The largest absolute Gasteiger partial charge is 1.00 e. The topological polar surface area (TPSA) is 63.2 Å². The van der Waals surface area contributed by atoms with Crippen molar-refractivity contribution >= 4 is 22.4 Å². The molecule has 0 radical (unpaired) electrons. The normalized spacial score (nSPS) is 8.29. The van der Waals surface area contributed by atoms with Gasteiger partial charge in [-0.15, -0.1) is 0 Å². The summed E-state index contributed by atoms with van der Waals surface area (Å²) in [4.78, 5) is 0. The summed E-state index contributed by atoms with van der Waals surface area (Å²) in [6, 6.07) is 0. The summed E-state index contributed by atoms with van der Waals surface area (Å²) in [5.74, 6) is 0. The molecule has 0 spiro atoms. The Morgan fingerprint density at radius 2 is 1.29 bits per heavy atom. The fourth-order valence-corrected chi connectivity index (χ4v) is 0. The fraction of sp³-hybridized carbons (Fsp3) is 0. The molecule has 32 valence electrons. The standard InChI is InChI=1S/2Na.H2O3SSe/c;;1-5(2,3)4/h;;(H2,1,2,3,4)/q2*+1;/p-2. The minimum absolute atomic E-state index is 0. The Hall–Kier alpha value is 2.46. The SMILES string of the molecule is O=[Se]([O-])([O-])=S.[Na+].[Na+]. The third-order valence-corrected chi connectivity index (χ3v) is 0. The van der Waals surface area contributed by atoms with E-state index in [-0.39, 0.29) is 59.1 Å². The van der Waals surface area contributed by atoms with Gasteiger partial charge in [-0.25, -0.2) is 0 Å². The Balaban J connectivity index is -0.0000000800. The van der Waals surface area contributed by atoms with Gasteiger partial charge in [-0.2, -0.15) is 0 Å². The van der Waals surface area contributed by atoms with Gasteiger partial charge in [0.2, 0.25) is 0 Å². The van der Waals surface area contributed by atoms with Crippen LogP contribution in [0.25, 0.3) is 0 Å². The maximum absolute atomic E-state index is 8.96. The average Bonchev–Trinajstić information content (AvgIpc) is 0.722. The van der Waals surface area contributed by atoms with E-state index in [0.29, 0.717) is 0 Å². The maximum Gasteiger partial charge on any atom is 1.00 e. The van der Waals surface area contributed by atoms with Crippen molar-refractivity contribution < 1.29 is 71.3 Å². The summed E-state index contributed by atoms with van der Waals surface area (Å²) in [6.07, 6.45) is 0. The third-order valence-electron chi connectivity index (χ3n) is 0. The van der Waals surface area contributed by atoms with Crippen LogP contribution in [0, 0.1) is 0 Å². The Labute approximate surface area is 92.0 Å². The Bertz CT molecular complexity index is 96.1. The molecule has 0 aromatic rings. The summed E-state index contributed by atoms with van der Waals surface area (Å²) < 4.78 is 26.9. The van der Waals surface area contributed by atoms with Crippen LogP contribution >= 0.6 is 10.6 Å². The molecule has 0 amide bonds. The van der Waals surface area contributed by atoms with Crippen molar-refractivity contribution in [1.82, 2.24) is 0 Å². The molecule has 0 heterocycles. The second-order valence-corrected chi connectivity index (χ2v) is 4.24. The zero-order valence-electron chi connectivity index (χ0n) is 4.04. The molecule has 0 aliphatic rings. The molecule has 3 nitrogen and oxygen atoms in total. The molecular weight excluding hydrogens is 205 g/mol. The molecule has 0 aromatic heterocycles. The first-order valence-electron chi connectivity index (χ1n) is 0.667. The second-order valence-electron chi connectivity index (χ2n) is 0.408. The first-order valence-corrected chi connectivity index (χ1v) is 5.20. The summed E-state index contributed by atoms with van der Waals surface area (Å²) in [5.41, 5.74) is 0. The molecule has 0 saturated carbocycles. The van der Waals surface area contributed by atoms with Gasteiger partial charge in [0.05, 0.1) is 0 Å². The van der Waals surface area contributed by atoms with E-state index in [1.54, 1.807) is 0 Å². The first kappa shape index (κ1) is 16.2. The van der Waals surface area contributed by atoms with Crippen LogP contribution in [0.5, 0.6) is 0 Å². The van der Waals surface area contributed by atoms with Crippen LogP contribution in [0.3, 0.4) is 0 Å². The van der Waals surface area contributed by atoms with E-state index in [9.17, 15) is 0 Å². The molecule has 7 heavy (non-hydrogen) atoms. The summed E-state index contributed by atoms with van der Waals surface area (Å²) in [7, 11) is 3.32. The van der Waals surface area contributed by atoms with Crippen molar-refractivity contribution in [3.05, 3.63) is 0 Å². The summed E-state index contributed by atoms with van der Waals surface area (Å²) in [5, 5.41) is 0. The predicted octanol–water partition coefficient (Wildman–Crippen LogP) is -8.22. The van der Waals surface area contributed by atoms with Crippen LogP contribution in [-0.2, 0) is 3.83 Å². The average molecular weight is 205 g/mol. The van der Waals surface area contributed by atoms with E-state index in [1.165, 1.54) is 0 Å². The van der Waals surface area contributed by atoms with Gasteiger partial charge in [-0.1, -0.05) is 0 Å². The monoisotopic (exact) mass is 206 g/mol. The van der Waals surface area contributed by atoms with Gasteiger partial charge in [0.25, 0.3) is 0 Å². The van der Waals surface area contributed by atoms with Crippen molar-refractivity contribution in [1.29, 1.82) is 0 Å². The van der Waals surface area contributed by atoms with Crippen molar-refractivity contribution in [2.24, 2.45) is 0 Å². The molecule has 0 saturated heterocycles. The second kappa shape index (κ2) is 6.58. The molecular formula is Na2O3SSe. The summed E-state index contributed by atoms with van der Waals surface area (Å²) in [6.45, 7) is 0. The van der Waals surface area contributed by atoms with Crippen LogP contribution in [-0.4, -0.2) is 11.8 Å². The zero-order chi connectivity index (χ0) is 4.50. The van der Waals surface area contributed by atoms with Crippen molar-refractivity contribution in [2.75, 3.05) is 0 Å². The number of hydrogen-bond donors (Lipinski definition) is 0. The molecule has 0 aliphatic carbocycles. The van der Waals surface area contributed by atoms with Gasteiger partial charge in [0, 0.05) is 0 Å². The van der Waals surface area contributed by atoms with Gasteiger partial charge >= 0.3 is 93.7 Å². The van der Waals surface area contributed by atoms with E-state index in [2.05, 4.69) is 10.6 Å². The van der Waals surface area contributed by atoms with Crippen LogP contribution in [0.1, 0.15) is 0 Å². The van der Waals surface area contributed by atoms with Gasteiger partial charge < -0.3 is 0 Å². The Morgan fingerprint density at radius 1 is 1.29 bits per heavy atom. The molecule has 0 fully saturated rings. The molecule has 0 atom stereocenters. The van der Waals surface area contributed by atoms with Gasteiger partial charge in [-0.05, 0) is 0 Å². The fourth-order valence-electron chi connectivity index (χ4n) is 0. The van der Waals surface area contributed by atoms with Crippen LogP contribution < -0.4 is 67.5 Å². The van der Waals surface area contributed by atoms with E-state index in [4.69, 9.17) is 12.2 Å². The summed E-state index contributed by atoms with van der Waals surface area (Å²) >= 11 is -4.92. The predicted molar refractivity (Wildman–Crippen MR) is 14.0 cm³/mol. The Morgan fingerprint density at radius 3 is 1.29 bits per heavy atom. The van der Waals surface area contributed by atoms with E-state index < -0.39 is 11.8 Å². The maximum atomic E-state index is 8.96. The van der Waals surface area contributed by atoms with Crippen molar-refractivity contribution in [2.45, 2.75) is 0 Å². The first-order chi connectivity index (χ1) is 2.00. The molecule has 0 aromatic carbocycles. The quantitative estimate of drug-likeness (QED) is 0.368. The van der Waals surface area contributed by atoms with E-state index in [1.807, 2.05) is 0 Å². The minimum Gasteiger partial charge on any atom is 1.00 e. The minimum atomic E-state index is -4.92. The molecule has 0 aliphatic heterocycles. The molecule has 0 rings (SSSR count). The molecule has 0 unspecified atom stereocenters. The number of rotatable bonds is 0. The smallest absolute Gasteiger partial charge is 1.00 e. The van der Waals surface area contributed by atoms with Gasteiger partial charge in [-0.3, -0.25) is 0 Å². The van der Waals surface area contributed by atoms with Gasteiger partial charge in [0.15, 0.2) is 0 Å². The van der Waals surface area contributed by atoms with Crippen LogP contribution in [0.15, 0.2) is 0 Å². The van der Waals surface area contributed by atoms with Crippen LogP contribution in [0.4, 0.5) is 0 Å². The van der Waals surface area contributed by atoms with E-state index in [0.717, 1.165) is 0 Å². The van der Waals surface area contributed by atoms with Crippen LogP contribution in [0.2, 0.25) is 0 Å². The van der Waals surface area contributed by atoms with Crippen molar-refractivity contribution in [3.63, 3.8) is 0 Å². The Kier molecular flexibility index (Phi) is 15.2. The molecule has 0 N–H and O–H groups in total.